The highest BCUT2D eigenvalue weighted by Gasteiger charge is 2.58. The number of rotatable bonds is 2. The van der Waals surface area contributed by atoms with Crippen LogP contribution >= 0.6 is 27.7 Å². The Morgan fingerprint density at radius 2 is 1.76 bits per heavy atom. The number of hydrogen-bond acceptors (Lipinski definition) is 4. The molecule has 0 heterocycles. The number of phenolic OH excluding ortho intramolecular Hbond substituents is 1. The van der Waals surface area contributed by atoms with Crippen LogP contribution in [0.2, 0.25) is 0 Å². The first-order chi connectivity index (χ1) is 13.9. The van der Waals surface area contributed by atoms with Gasteiger partial charge in [0.05, 0.1) is 12.2 Å². The minimum absolute atomic E-state index is 0.00500. The van der Waals surface area contributed by atoms with E-state index in [4.69, 9.17) is 0 Å². The van der Waals surface area contributed by atoms with E-state index in [2.05, 4.69) is 35.0 Å². The van der Waals surface area contributed by atoms with Gasteiger partial charge in [-0.2, -0.15) is 0 Å². The quantitative estimate of drug-likeness (QED) is 0.527. The second-order valence-electron chi connectivity index (χ2n) is 9.22. The third kappa shape index (κ3) is 3.16. The zero-order valence-corrected chi connectivity index (χ0v) is 18.9. The van der Waals surface area contributed by atoms with Gasteiger partial charge in [-0.3, -0.25) is 0 Å². The molecule has 0 unspecified atom stereocenters. The molecule has 3 nitrogen and oxygen atoms in total. The Morgan fingerprint density at radius 1 is 1.00 bits per heavy atom. The molecule has 5 rings (SSSR count). The van der Waals surface area contributed by atoms with Gasteiger partial charge in [0, 0.05) is 14.6 Å². The summed E-state index contributed by atoms with van der Waals surface area (Å²) in [7, 11) is 0. The van der Waals surface area contributed by atoms with E-state index in [-0.39, 0.29) is 22.5 Å². The summed E-state index contributed by atoms with van der Waals surface area (Å²) in [6.45, 7) is 2.26. The van der Waals surface area contributed by atoms with E-state index in [1.807, 2.05) is 18.2 Å². The van der Waals surface area contributed by atoms with Gasteiger partial charge < -0.3 is 15.3 Å². The van der Waals surface area contributed by atoms with Crippen LogP contribution in [0.15, 0.2) is 51.8 Å². The molecule has 0 bridgehead atoms. The molecule has 154 valence electrons. The van der Waals surface area contributed by atoms with Crippen LogP contribution in [0.25, 0.3) is 0 Å². The molecular weight excluding hydrogens is 448 g/mol. The predicted molar refractivity (Wildman–Crippen MR) is 119 cm³/mol. The number of aromatic hydroxyl groups is 1. The van der Waals surface area contributed by atoms with Gasteiger partial charge in [-0.1, -0.05) is 28.9 Å². The summed E-state index contributed by atoms with van der Waals surface area (Å²) >= 11 is 5.25. The topological polar surface area (TPSA) is 60.7 Å². The van der Waals surface area contributed by atoms with Crippen molar-refractivity contribution in [1.82, 2.24) is 0 Å². The third-order valence-electron chi connectivity index (χ3n) is 7.85. The molecule has 2 aromatic carbocycles. The molecule has 0 radical (unpaired) electrons. The van der Waals surface area contributed by atoms with E-state index in [1.54, 1.807) is 23.9 Å². The van der Waals surface area contributed by atoms with Gasteiger partial charge in [-0.05, 0) is 96.4 Å². The summed E-state index contributed by atoms with van der Waals surface area (Å²) in [5, 5.41) is 32.3. The molecule has 0 amide bonds. The van der Waals surface area contributed by atoms with Crippen LogP contribution < -0.4 is 0 Å². The highest BCUT2D eigenvalue weighted by Crippen LogP contribution is 2.64. The molecule has 2 saturated carbocycles. The standard InChI is InChI=1S/C24H27BrO3S/c1-24-11-10-17-16-7-4-14(26)12-18(16)22(28)23(21(17)19(24)8-9-20(24)27)29-15-5-2-13(25)3-6-15/h2-7,12,17,19-23,26-28H,8-11H2,1H3/t17-,19+,20+,21-,22-,23+,24+/m1/s1. The van der Waals surface area contributed by atoms with Crippen molar-refractivity contribution >= 4 is 27.7 Å². The average molecular weight is 475 g/mol. The lowest BCUT2D eigenvalue weighted by atomic mass is 9.55. The smallest absolute Gasteiger partial charge is 0.115 e. The van der Waals surface area contributed by atoms with E-state index in [0.29, 0.717) is 17.8 Å². The fourth-order valence-corrected chi connectivity index (χ4v) is 8.03. The fraction of sp³-hybridized carbons (Fsp3) is 0.500. The maximum absolute atomic E-state index is 11.5. The molecular formula is C24H27BrO3S. The van der Waals surface area contributed by atoms with Crippen molar-refractivity contribution in [2.75, 3.05) is 0 Å². The minimum atomic E-state index is -0.632. The summed E-state index contributed by atoms with van der Waals surface area (Å²) < 4.78 is 1.04. The lowest BCUT2D eigenvalue weighted by Gasteiger charge is -2.54. The highest BCUT2D eigenvalue weighted by atomic mass is 79.9. The SMILES string of the molecule is C[C@]12CC[C@@H]3c4ccc(O)cc4[C@@H](O)[C@@H](Sc4ccc(Br)cc4)[C@H]3[C@@H]1CC[C@@H]2O. The summed E-state index contributed by atoms with van der Waals surface area (Å²) in [6, 6.07) is 13.8. The maximum Gasteiger partial charge on any atom is 0.115 e. The largest absolute Gasteiger partial charge is 0.508 e. The first kappa shape index (κ1) is 19.9. The molecule has 2 fully saturated rings. The molecule has 5 heteroatoms. The van der Waals surface area contributed by atoms with E-state index < -0.39 is 6.10 Å². The molecule has 0 aliphatic heterocycles. The fourth-order valence-electron chi connectivity index (χ4n) is 6.34. The van der Waals surface area contributed by atoms with Crippen molar-refractivity contribution in [1.29, 1.82) is 0 Å². The Balaban J connectivity index is 1.59. The summed E-state index contributed by atoms with van der Waals surface area (Å²) in [5.74, 6) is 1.29. The van der Waals surface area contributed by atoms with Crippen molar-refractivity contribution in [2.24, 2.45) is 17.3 Å². The van der Waals surface area contributed by atoms with Crippen LogP contribution in [-0.2, 0) is 0 Å². The molecule has 3 aliphatic rings. The Hall–Kier alpha value is -1.01. The number of fused-ring (bicyclic) bond motifs is 5. The number of phenols is 1. The highest BCUT2D eigenvalue weighted by molar-refractivity contribution is 9.10. The number of hydrogen-bond donors (Lipinski definition) is 3. The monoisotopic (exact) mass is 474 g/mol. The maximum atomic E-state index is 11.5. The van der Waals surface area contributed by atoms with Crippen LogP contribution in [0.5, 0.6) is 5.75 Å². The molecule has 7 atom stereocenters. The summed E-state index contributed by atoms with van der Waals surface area (Å²) in [6.07, 6.45) is 3.05. The van der Waals surface area contributed by atoms with Gasteiger partial charge in [0.15, 0.2) is 0 Å². The average Bonchev–Trinajstić information content (AvgIpc) is 3.01. The summed E-state index contributed by atoms with van der Waals surface area (Å²) in [4.78, 5) is 1.14. The zero-order chi connectivity index (χ0) is 20.3. The molecule has 0 saturated heterocycles. The van der Waals surface area contributed by atoms with Crippen molar-refractivity contribution < 1.29 is 15.3 Å². The van der Waals surface area contributed by atoms with Crippen LogP contribution in [0.1, 0.15) is 55.8 Å². The van der Waals surface area contributed by atoms with E-state index >= 15 is 0 Å². The second-order valence-corrected chi connectivity index (χ2v) is 11.4. The van der Waals surface area contributed by atoms with Crippen molar-refractivity contribution in [2.45, 2.75) is 60.9 Å². The Labute approximate surface area is 184 Å². The zero-order valence-electron chi connectivity index (χ0n) is 16.5. The third-order valence-corrected chi connectivity index (χ3v) is 9.76. The normalized spacial score (nSPS) is 38.2. The molecule has 3 aliphatic carbocycles. The first-order valence-electron chi connectivity index (χ1n) is 10.5. The van der Waals surface area contributed by atoms with Crippen LogP contribution in [-0.4, -0.2) is 26.7 Å². The van der Waals surface area contributed by atoms with Crippen molar-refractivity contribution in [3.63, 3.8) is 0 Å². The van der Waals surface area contributed by atoms with Gasteiger partial charge in [-0.15, -0.1) is 11.8 Å². The second kappa shape index (κ2) is 7.30. The van der Waals surface area contributed by atoms with E-state index in [1.165, 1.54) is 5.56 Å². The Morgan fingerprint density at radius 3 is 2.52 bits per heavy atom. The molecule has 3 N–H and O–H groups in total. The number of halogens is 1. The van der Waals surface area contributed by atoms with Gasteiger partial charge in [0.2, 0.25) is 0 Å². The number of thioether (sulfide) groups is 1. The molecule has 29 heavy (non-hydrogen) atoms. The van der Waals surface area contributed by atoms with Crippen molar-refractivity contribution in [3.8, 4) is 5.75 Å². The Bertz CT molecular complexity index is 917. The lowest BCUT2D eigenvalue weighted by Crippen LogP contribution is -2.49. The van der Waals surface area contributed by atoms with Crippen LogP contribution in [0.4, 0.5) is 0 Å². The minimum Gasteiger partial charge on any atom is -0.508 e. The summed E-state index contributed by atoms with van der Waals surface area (Å²) in [5.41, 5.74) is 2.01. The van der Waals surface area contributed by atoms with Crippen LogP contribution in [0.3, 0.4) is 0 Å². The van der Waals surface area contributed by atoms with E-state index in [0.717, 1.165) is 40.6 Å². The number of benzene rings is 2. The van der Waals surface area contributed by atoms with Crippen LogP contribution in [0, 0.1) is 17.3 Å². The predicted octanol–water partition coefficient (Wildman–Crippen LogP) is 5.63. The molecule has 2 aromatic rings. The van der Waals surface area contributed by atoms with Gasteiger partial charge >= 0.3 is 0 Å². The number of aliphatic hydroxyl groups excluding tert-OH is 2. The van der Waals surface area contributed by atoms with E-state index in [9.17, 15) is 15.3 Å². The first-order valence-corrected chi connectivity index (χ1v) is 12.2. The van der Waals surface area contributed by atoms with Gasteiger partial charge in [0.1, 0.15) is 5.75 Å². The van der Waals surface area contributed by atoms with Crippen molar-refractivity contribution in [3.05, 3.63) is 58.1 Å². The lowest BCUT2D eigenvalue weighted by molar-refractivity contribution is -0.0341. The van der Waals surface area contributed by atoms with Gasteiger partial charge in [0.25, 0.3) is 0 Å². The van der Waals surface area contributed by atoms with Gasteiger partial charge in [-0.25, -0.2) is 0 Å². The molecule has 0 aromatic heterocycles. The molecule has 0 spiro atoms. The number of aliphatic hydroxyl groups is 2. The Kier molecular flexibility index (Phi) is 5.01.